The molecule has 3 aromatic rings. The number of anilines is 1. The van der Waals surface area contributed by atoms with Crippen molar-refractivity contribution in [2.24, 2.45) is 0 Å². The van der Waals surface area contributed by atoms with E-state index in [2.05, 4.69) is 14.9 Å². The lowest BCUT2D eigenvalue weighted by molar-refractivity contribution is 0.414. The standard InChI is InChI=1S/C17H17N3O4S/c1-11-9-15(23-3)7-8-16(11)25(21,22)20-14-6-4-5-13(10-14)17-18-12(2)19-24-17/h4-10,20H,1-3H3. The summed E-state index contributed by atoms with van der Waals surface area (Å²) in [6.07, 6.45) is 0. The molecule has 0 radical (unpaired) electrons. The normalized spacial score (nSPS) is 11.3. The van der Waals surface area contributed by atoms with E-state index in [9.17, 15) is 8.42 Å². The van der Waals surface area contributed by atoms with E-state index in [1.807, 2.05) is 0 Å². The number of sulfonamides is 1. The molecule has 0 spiro atoms. The zero-order valence-corrected chi connectivity index (χ0v) is 14.8. The highest BCUT2D eigenvalue weighted by Crippen LogP contribution is 2.25. The molecule has 2 aromatic carbocycles. The molecule has 0 amide bonds. The van der Waals surface area contributed by atoms with Crippen LogP contribution in [0.4, 0.5) is 5.69 Å². The van der Waals surface area contributed by atoms with Gasteiger partial charge in [-0.15, -0.1) is 0 Å². The molecule has 0 atom stereocenters. The fraction of sp³-hybridized carbons (Fsp3) is 0.176. The van der Waals surface area contributed by atoms with E-state index in [0.717, 1.165) is 0 Å². The zero-order chi connectivity index (χ0) is 18.0. The number of nitrogens with one attached hydrogen (secondary N) is 1. The maximum absolute atomic E-state index is 12.7. The number of benzene rings is 2. The summed E-state index contributed by atoms with van der Waals surface area (Å²) in [7, 11) is -2.20. The highest BCUT2D eigenvalue weighted by atomic mass is 32.2. The number of hydrogen-bond donors (Lipinski definition) is 1. The average Bonchev–Trinajstić information content (AvgIpc) is 3.01. The molecule has 0 bridgehead atoms. The summed E-state index contributed by atoms with van der Waals surface area (Å²) in [5.74, 6) is 1.44. The molecule has 0 saturated carbocycles. The van der Waals surface area contributed by atoms with Gasteiger partial charge < -0.3 is 9.26 Å². The van der Waals surface area contributed by atoms with Gasteiger partial charge in [-0.1, -0.05) is 11.2 Å². The third kappa shape index (κ3) is 3.63. The molecule has 0 fully saturated rings. The van der Waals surface area contributed by atoms with Crippen molar-refractivity contribution in [3.63, 3.8) is 0 Å². The second-order valence-electron chi connectivity index (χ2n) is 5.46. The van der Waals surface area contributed by atoms with E-state index in [1.165, 1.54) is 13.2 Å². The molecule has 0 saturated heterocycles. The zero-order valence-electron chi connectivity index (χ0n) is 14.0. The highest BCUT2D eigenvalue weighted by Gasteiger charge is 2.18. The minimum atomic E-state index is -3.73. The van der Waals surface area contributed by atoms with Crippen LogP contribution in [-0.4, -0.2) is 25.7 Å². The summed E-state index contributed by atoms with van der Waals surface area (Å²) >= 11 is 0. The van der Waals surface area contributed by atoms with Crippen molar-refractivity contribution in [1.82, 2.24) is 10.1 Å². The summed E-state index contributed by atoms with van der Waals surface area (Å²) in [5.41, 5.74) is 1.63. The second kappa shape index (κ2) is 6.56. The quantitative estimate of drug-likeness (QED) is 0.752. The van der Waals surface area contributed by atoms with Crippen molar-refractivity contribution >= 4 is 15.7 Å². The number of ether oxygens (including phenoxy) is 1. The van der Waals surface area contributed by atoms with Crippen LogP contribution in [0.5, 0.6) is 5.75 Å². The Kier molecular flexibility index (Phi) is 4.45. The predicted molar refractivity (Wildman–Crippen MR) is 93.0 cm³/mol. The lowest BCUT2D eigenvalue weighted by Gasteiger charge is -2.12. The van der Waals surface area contributed by atoms with Gasteiger partial charge in [0.05, 0.1) is 12.0 Å². The Hall–Kier alpha value is -2.87. The van der Waals surface area contributed by atoms with E-state index in [1.54, 1.807) is 50.2 Å². The maximum atomic E-state index is 12.7. The monoisotopic (exact) mass is 359 g/mol. The summed E-state index contributed by atoms with van der Waals surface area (Å²) in [5, 5.41) is 3.74. The van der Waals surface area contributed by atoms with E-state index < -0.39 is 10.0 Å². The van der Waals surface area contributed by atoms with E-state index >= 15 is 0 Å². The molecule has 1 aromatic heterocycles. The van der Waals surface area contributed by atoms with Crippen LogP contribution < -0.4 is 9.46 Å². The summed E-state index contributed by atoms with van der Waals surface area (Å²) in [6, 6.07) is 11.6. The third-order valence-corrected chi connectivity index (χ3v) is 5.10. The third-order valence-electron chi connectivity index (χ3n) is 3.56. The lowest BCUT2D eigenvalue weighted by Crippen LogP contribution is -2.14. The van der Waals surface area contributed by atoms with Crippen LogP contribution >= 0.6 is 0 Å². The van der Waals surface area contributed by atoms with Gasteiger partial charge in [0.15, 0.2) is 5.82 Å². The van der Waals surface area contributed by atoms with Gasteiger partial charge in [0, 0.05) is 11.3 Å². The number of rotatable bonds is 5. The molecular weight excluding hydrogens is 342 g/mol. The Balaban J connectivity index is 1.91. The van der Waals surface area contributed by atoms with E-state index in [4.69, 9.17) is 9.26 Å². The Morgan fingerprint density at radius 1 is 1.12 bits per heavy atom. The summed E-state index contributed by atoms with van der Waals surface area (Å²) < 4.78 is 38.1. The van der Waals surface area contributed by atoms with Crippen molar-refractivity contribution < 1.29 is 17.7 Å². The molecular formula is C17H17N3O4S. The van der Waals surface area contributed by atoms with Gasteiger partial charge in [-0.2, -0.15) is 4.98 Å². The van der Waals surface area contributed by atoms with Crippen molar-refractivity contribution in [2.75, 3.05) is 11.8 Å². The molecule has 1 N–H and O–H groups in total. The molecule has 0 aliphatic carbocycles. The first-order valence-electron chi connectivity index (χ1n) is 7.47. The minimum absolute atomic E-state index is 0.187. The molecule has 1 heterocycles. The summed E-state index contributed by atoms with van der Waals surface area (Å²) in [6.45, 7) is 3.43. The summed E-state index contributed by atoms with van der Waals surface area (Å²) in [4.78, 5) is 4.33. The van der Waals surface area contributed by atoms with Crippen LogP contribution in [0.15, 0.2) is 51.9 Å². The highest BCUT2D eigenvalue weighted by molar-refractivity contribution is 7.92. The molecule has 0 unspecified atom stereocenters. The Morgan fingerprint density at radius 3 is 2.56 bits per heavy atom. The Labute approximate surface area is 145 Å². The van der Waals surface area contributed by atoms with Gasteiger partial charge >= 0.3 is 0 Å². The predicted octanol–water partition coefficient (Wildman–Crippen LogP) is 3.16. The first-order chi connectivity index (χ1) is 11.9. The molecule has 0 aliphatic heterocycles. The second-order valence-corrected chi connectivity index (χ2v) is 7.12. The van der Waals surface area contributed by atoms with Crippen LogP contribution in [0.25, 0.3) is 11.5 Å². The van der Waals surface area contributed by atoms with Crippen LogP contribution in [0.2, 0.25) is 0 Å². The number of nitrogens with zero attached hydrogens (tertiary/aromatic N) is 2. The molecule has 0 aliphatic rings. The van der Waals surface area contributed by atoms with Crippen LogP contribution in [0, 0.1) is 13.8 Å². The fourth-order valence-corrected chi connectivity index (χ4v) is 3.67. The molecule has 25 heavy (non-hydrogen) atoms. The molecule has 7 nitrogen and oxygen atoms in total. The SMILES string of the molecule is COc1ccc(S(=O)(=O)Nc2cccc(-c3nc(C)no3)c2)c(C)c1. The van der Waals surface area contributed by atoms with E-state index in [-0.39, 0.29) is 4.90 Å². The fourth-order valence-electron chi connectivity index (χ4n) is 2.39. The average molecular weight is 359 g/mol. The van der Waals surface area contributed by atoms with Crippen molar-refractivity contribution in [3.8, 4) is 17.2 Å². The number of methoxy groups -OCH3 is 1. The first kappa shape index (κ1) is 17.0. The van der Waals surface area contributed by atoms with Gasteiger partial charge in [0.2, 0.25) is 0 Å². The molecule has 8 heteroatoms. The minimum Gasteiger partial charge on any atom is -0.497 e. The van der Waals surface area contributed by atoms with Crippen molar-refractivity contribution in [3.05, 3.63) is 53.9 Å². The van der Waals surface area contributed by atoms with E-state index in [0.29, 0.717) is 34.3 Å². The first-order valence-corrected chi connectivity index (χ1v) is 8.95. The van der Waals surface area contributed by atoms with Gasteiger partial charge in [-0.05, 0) is 55.8 Å². The topological polar surface area (TPSA) is 94.3 Å². The largest absolute Gasteiger partial charge is 0.497 e. The lowest BCUT2D eigenvalue weighted by atomic mass is 10.2. The Morgan fingerprint density at radius 2 is 1.92 bits per heavy atom. The van der Waals surface area contributed by atoms with Gasteiger partial charge in [-0.3, -0.25) is 4.72 Å². The van der Waals surface area contributed by atoms with Crippen LogP contribution in [0.1, 0.15) is 11.4 Å². The number of hydrogen-bond acceptors (Lipinski definition) is 6. The molecule has 130 valence electrons. The van der Waals surface area contributed by atoms with Crippen molar-refractivity contribution in [2.45, 2.75) is 18.7 Å². The number of aromatic nitrogens is 2. The smallest absolute Gasteiger partial charge is 0.262 e. The van der Waals surface area contributed by atoms with Crippen molar-refractivity contribution in [1.29, 1.82) is 0 Å². The maximum Gasteiger partial charge on any atom is 0.262 e. The van der Waals surface area contributed by atoms with Gasteiger partial charge in [0.1, 0.15) is 5.75 Å². The van der Waals surface area contributed by atoms with Crippen LogP contribution in [-0.2, 0) is 10.0 Å². The van der Waals surface area contributed by atoms with Crippen LogP contribution in [0.3, 0.4) is 0 Å². The number of aryl methyl sites for hydroxylation is 2. The van der Waals surface area contributed by atoms with Gasteiger partial charge in [0.25, 0.3) is 15.9 Å². The molecule has 3 rings (SSSR count). The van der Waals surface area contributed by atoms with Gasteiger partial charge in [-0.25, -0.2) is 8.42 Å². The Bertz CT molecular complexity index is 1010.